The first-order valence-corrected chi connectivity index (χ1v) is 19.6. The molecule has 0 N–H and O–H groups in total. The minimum atomic E-state index is -2.65. The molecule has 193 valence electrons. The van der Waals surface area contributed by atoms with Gasteiger partial charge in [-0.2, -0.15) is 0 Å². The van der Waals surface area contributed by atoms with Crippen LogP contribution >= 0.6 is 0 Å². The third-order valence-electron chi connectivity index (χ3n) is 8.96. The Morgan fingerprint density at radius 2 is 0.784 bits per heavy atom. The van der Waals surface area contributed by atoms with Crippen LogP contribution < -0.4 is 15.6 Å². The molecule has 0 saturated carbocycles. The summed E-state index contributed by atoms with van der Waals surface area (Å²) in [4.78, 5) is 0. The molecule has 0 aromatic heterocycles. The second kappa shape index (κ2) is 9.99. The number of rotatable bonds is 5. The molecule has 0 aliphatic heterocycles. The fourth-order valence-electron chi connectivity index (χ4n) is 7.69. The summed E-state index contributed by atoms with van der Waals surface area (Å²) in [6.07, 6.45) is 0. The van der Waals surface area contributed by atoms with E-state index in [-0.39, 0.29) is 5.04 Å². The molecule has 3 aromatic rings. The zero-order chi connectivity index (χ0) is 27.4. The van der Waals surface area contributed by atoms with Gasteiger partial charge in [0.1, 0.15) is 0 Å². The van der Waals surface area contributed by atoms with Crippen molar-refractivity contribution >= 4 is 23.6 Å². The first kappa shape index (κ1) is 28.1. The monoisotopic (exact) mass is 541 g/mol. The molecule has 1 aliphatic carbocycles. The molecule has 2 heteroatoms. The van der Waals surface area contributed by atoms with Gasteiger partial charge in [0.05, 0.1) is 0 Å². The van der Waals surface area contributed by atoms with Gasteiger partial charge >= 0.3 is 235 Å². The van der Waals surface area contributed by atoms with Gasteiger partial charge in [-0.05, 0) is 0 Å². The van der Waals surface area contributed by atoms with Gasteiger partial charge in [0.2, 0.25) is 0 Å². The van der Waals surface area contributed by atoms with Crippen molar-refractivity contribution in [1.82, 2.24) is 0 Å². The van der Waals surface area contributed by atoms with Gasteiger partial charge in [0, 0.05) is 0 Å². The number of benzene rings is 3. The van der Waals surface area contributed by atoms with Gasteiger partial charge < -0.3 is 0 Å². The molecule has 4 rings (SSSR count). The summed E-state index contributed by atoms with van der Waals surface area (Å²) in [5.41, 5.74) is 12.9. The third kappa shape index (κ3) is 4.42. The van der Waals surface area contributed by atoms with E-state index in [0.29, 0.717) is 0 Å². The average molecular weight is 542 g/mol. The summed E-state index contributed by atoms with van der Waals surface area (Å²) in [6, 6.07) is 22.3. The van der Waals surface area contributed by atoms with Gasteiger partial charge in [0.25, 0.3) is 0 Å². The van der Waals surface area contributed by atoms with Crippen molar-refractivity contribution in [2.45, 2.75) is 84.7 Å². The van der Waals surface area contributed by atoms with Gasteiger partial charge in [-0.15, -0.1) is 0 Å². The third-order valence-corrected chi connectivity index (χ3v) is 17.9. The summed E-state index contributed by atoms with van der Waals surface area (Å²) < 4.78 is 1.80. The van der Waals surface area contributed by atoms with Crippen LogP contribution in [0.3, 0.4) is 0 Å². The maximum atomic E-state index is 2.65. The summed E-state index contributed by atoms with van der Waals surface area (Å²) >= 11 is -1.48. The van der Waals surface area contributed by atoms with E-state index < -0.39 is 25.9 Å². The molecular formula is C35H45SiTi. The molecule has 1 unspecified atom stereocenters. The number of allylic oxidation sites excluding steroid dienone is 4. The van der Waals surface area contributed by atoms with E-state index >= 15 is 0 Å². The fraction of sp³-hybridized carbons (Fsp3) is 0.371. The molecule has 0 heterocycles. The van der Waals surface area contributed by atoms with Crippen LogP contribution in [0.25, 0.3) is 0 Å². The maximum absolute atomic E-state index is 2.65. The Hall–Kier alpha value is -1.93. The Bertz CT molecular complexity index is 1270. The van der Waals surface area contributed by atoms with Crippen LogP contribution in [0, 0.1) is 41.5 Å². The zero-order valence-electron chi connectivity index (χ0n) is 25.2. The normalized spacial score (nSPS) is 18.2. The van der Waals surface area contributed by atoms with Gasteiger partial charge in [-0.25, -0.2) is 0 Å². The van der Waals surface area contributed by atoms with Crippen LogP contribution in [0.4, 0.5) is 0 Å². The molecule has 0 radical (unpaired) electrons. The second-order valence-electron chi connectivity index (χ2n) is 12.3. The SMILES string of the molecule is CC1=C(C)C(C)([Si](c2cc(C)cc(C)c2)(c2cc(C)cc(C)c2)c2cc(C)cc(C)c2)[C]([Ti]([CH3])[CH3])=C1C. The van der Waals surface area contributed by atoms with Crippen molar-refractivity contribution in [3.05, 3.63) is 109 Å². The van der Waals surface area contributed by atoms with E-state index in [1.807, 2.05) is 0 Å². The molecule has 0 nitrogen and oxygen atoms in total. The van der Waals surface area contributed by atoms with E-state index in [2.05, 4.69) is 134 Å². The second-order valence-corrected chi connectivity index (χ2v) is 20.4. The van der Waals surface area contributed by atoms with Gasteiger partial charge in [0.15, 0.2) is 0 Å². The van der Waals surface area contributed by atoms with Crippen molar-refractivity contribution in [2.75, 3.05) is 0 Å². The van der Waals surface area contributed by atoms with E-state index in [0.717, 1.165) is 0 Å². The predicted octanol–water partition coefficient (Wildman–Crippen LogP) is 8.11. The van der Waals surface area contributed by atoms with Crippen LogP contribution in [0.15, 0.2) is 75.2 Å². The molecule has 3 aromatic carbocycles. The topological polar surface area (TPSA) is 0 Å². The Labute approximate surface area is 233 Å². The van der Waals surface area contributed by atoms with Gasteiger partial charge in [-0.1, -0.05) is 0 Å². The van der Waals surface area contributed by atoms with Crippen molar-refractivity contribution in [2.24, 2.45) is 0 Å². The summed E-state index contributed by atoms with van der Waals surface area (Å²) in [5, 5.41) is 9.81. The molecule has 0 spiro atoms. The van der Waals surface area contributed by atoms with Crippen molar-refractivity contribution in [3.63, 3.8) is 0 Å². The van der Waals surface area contributed by atoms with Crippen LogP contribution in [0.5, 0.6) is 0 Å². The molecule has 0 amide bonds. The molecular weight excluding hydrogens is 496 g/mol. The van der Waals surface area contributed by atoms with E-state index in [1.165, 1.54) is 39.0 Å². The van der Waals surface area contributed by atoms with Gasteiger partial charge in [-0.3, -0.25) is 0 Å². The van der Waals surface area contributed by atoms with E-state index in [4.69, 9.17) is 0 Å². The number of hydrogen-bond donors (Lipinski definition) is 0. The molecule has 0 bridgehead atoms. The Morgan fingerprint density at radius 1 is 0.486 bits per heavy atom. The van der Waals surface area contributed by atoms with Crippen LogP contribution in [0.2, 0.25) is 15.5 Å². The Balaban J connectivity index is 2.37. The quantitative estimate of drug-likeness (QED) is 0.226. The van der Waals surface area contributed by atoms with Crippen molar-refractivity contribution in [3.8, 4) is 0 Å². The molecule has 1 atom stereocenters. The predicted molar refractivity (Wildman–Crippen MR) is 164 cm³/mol. The molecule has 0 saturated heterocycles. The summed E-state index contributed by atoms with van der Waals surface area (Å²) in [7, 11) is -2.65. The number of aryl methyl sites for hydroxylation is 6. The summed E-state index contributed by atoms with van der Waals surface area (Å²) in [5.74, 6) is 0. The van der Waals surface area contributed by atoms with E-state index in [9.17, 15) is 0 Å². The van der Waals surface area contributed by atoms with E-state index in [1.54, 1.807) is 30.6 Å². The standard InChI is InChI=1S/C33H39Si.2CH3.Ti/c1-21-11-22(2)15-30(14-21)34(31-16-23(3)12-24(4)17-31,32-18-25(5)13-26(6)19-32)33(10)20-27(7)28(8)29(33)9;;;/h11-19H,1-10H3;2*1H3;. The van der Waals surface area contributed by atoms with Crippen molar-refractivity contribution in [1.29, 1.82) is 0 Å². The number of hydrogen-bond acceptors (Lipinski definition) is 0. The first-order chi connectivity index (χ1) is 17.2. The fourth-order valence-corrected chi connectivity index (χ4v) is 19.6. The Morgan fingerprint density at radius 3 is 1.05 bits per heavy atom. The molecule has 37 heavy (non-hydrogen) atoms. The minimum absolute atomic E-state index is 0.0132. The Kier molecular flexibility index (Phi) is 7.58. The average Bonchev–Trinajstić information content (AvgIpc) is 2.93. The van der Waals surface area contributed by atoms with Crippen LogP contribution in [-0.2, 0) is 17.9 Å². The molecule has 1 aliphatic rings. The van der Waals surface area contributed by atoms with Crippen LogP contribution in [-0.4, -0.2) is 8.07 Å². The summed E-state index contributed by atoms with van der Waals surface area (Å²) in [6.45, 7) is 23.6. The zero-order valence-corrected chi connectivity index (χ0v) is 27.8. The first-order valence-electron chi connectivity index (χ1n) is 13.7. The molecule has 0 fully saturated rings. The van der Waals surface area contributed by atoms with Crippen LogP contribution in [0.1, 0.15) is 61.1 Å². The van der Waals surface area contributed by atoms with Crippen molar-refractivity contribution < 1.29 is 17.9 Å².